The van der Waals surface area contributed by atoms with E-state index >= 15 is 0 Å². The zero-order valence-electron chi connectivity index (χ0n) is 11.0. The highest BCUT2D eigenvalue weighted by Gasteiger charge is 2.21. The third-order valence-electron chi connectivity index (χ3n) is 4.39. The highest BCUT2D eigenvalue weighted by molar-refractivity contribution is 4.77. The molecule has 3 atom stereocenters. The maximum atomic E-state index is 3.71. The predicted molar refractivity (Wildman–Crippen MR) is 69.6 cm³/mol. The van der Waals surface area contributed by atoms with Crippen molar-refractivity contribution >= 4 is 0 Å². The van der Waals surface area contributed by atoms with Gasteiger partial charge in [-0.3, -0.25) is 0 Å². The highest BCUT2D eigenvalue weighted by atomic mass is 15.1. The molecule has 1 heterocycles. The van der Waals surface area contributed by atoms with E-state index < -0.39 is 0 Å². The van der Waals surface area contributed by atoms with Gasteiger partial charge in [-0.2, -0.15) is 0 Å². The van der Waals surface area contributed by atoms with Crippen LogP contribution in [0.3, 0.4) is 0 Å². The Kier molecular flexibility index (Phi) is 4.66. The van der Waals surface area contributed by atoms with Crippen LogP contribution in [-0.4, -0.2) is 38.1 Å². The summed E-state index contributed by atoms with van der Waals surface area (Å²) in [5.74, 6) is 2.85. The Morgan fingerprint density at radius 2 is 1.94 bits per heavy atom. The van der Waals surface area contributed by atoms with Gasteiger partial charge in [0.15, 0.2) is 0 Å². The van der Waals surface area contributed by atoms with Crippen LogP contribution in [0.5, 0.6) is 0 Å². The Bertz CT molecular complexity index is 205. The smallest absolute Gasteiger partial charge is 0.00187 e. The van der Waals surface area contributed by atoms with Gasteiger partial charge in [-0.15, -0.1) is 0 Å². The Balaban J connectivity index is 1.57. The van der Waals surface area contributed by atoms with Crippen molar-refractivity contribution in [2.75, 3.05) is 33.2 Å². The van der Waals surface area contributed by atoms with Crippen molar-refractivity contribution in [1.82, 2.24) is 10.2 Å². The van der Waals surface area contributed by atoms with Crippen LogP contribution in [0.1, 0.15) is 39.0 Å². The van der Waals surface area contributed by atoms with Gasteiger partial charge in [0.25, 0.3) is 0 Å². The van der Waals surface area contributed by atoms with Crippen molar-refractivity contribution in [1.29, 1.82) is 0 Å². The van der Waals surface area contributed by atoms with Gasteiger partial charge in [0.1, 0.15) is 0 Å². The molecule has 0 aromatic rings. The largest absolute Gasteiger partial charge is 0.316 e. The number of nitrogens with zero attached hydrogens (tertiary/aromatic N) is 1. The van der Waals surface area contributed by atoms with E-state index in [1.54, 1.807) is 0 Å². The molecule has 0 bridgehead atoms. The van der Waals surface area contributed by atoms with E-state index in [9.17, 15) is 0 Å². The maximum Gasteiger partial charge on any atom is 0.00187 e. The van der Waals surface area contributed by atoms with Gasteiger partial charge < -0.3 is 10.2 Å². The van der Waals surface area contributed by atoms with Crippen LogP contribution in [0.25, 0.3) is 0 Å². The van der Waals surface area contributed by atoms with Crippen molar-refractivity contribution in [2.24, 2.45) is 17.8 Å². The molecule has 2 fully saturated rings. The Morgan fingerprint density at radius 1 is 1.12 bits per heavy atom. The summed E-state index contributed by atoms with van der Waals surface area (Å²) < 4.78 is 0. The monoisotopic (exact) mass is 224 g/mol. The quantitative estimate of drug-likeness (QED) is 0.788. The molecule has 1 aliphatic heterocycles. The average molecular weight is 224 g/mol. The van der Waals surface area contributed by atoms with Crippen molar-refractivity contribution in [3.05, 3.63) is 0 Å². The minimum Gasteiger partial charge on any atom is -0.316 e. The molecule has 94 valence electrons. The third kappa shape index (κ3) is 3.74. The Hall–Kier alpha value is -0.0800. The zero-order chi connectivity index (χ0) is 11.4. The zero-order valence-corrected chi connectivity index (χ0v) is 11.0. The highest BCUT2D eigenvalue weighted by Crippen LogP contribution is 2.29. The van der Waals surface area contributed by atoms with Crippen LogP contribution in [0.2, 0.25) is 0 Å². The van der Waals surface area contributed by atoms with Gasteiger partial charge in [-0.05, 0) is 70.1 Å². The summed E-state index contributed by atoms with van der Waals surface area (Å²) in [6.07, 6.45) is 7.19. The van der Waals surface area contributed by atoms with Crippen molar-refractivity contribution < 1.29 is 0 Å². The normalized spacial score (nSPS) is 36.8. The van der Waals surface area contributed by atoms with E-state index in [4.69, 9.17) is 0 Å². The molecule has 2 aliphatic rings. The summed E-state index contributed by atoms with van der Waals surface area (Å²) in [5.41, 5.74) is 0. The lowest BCUT2D eigenvalue weighted by molar-refractivity contribution is 0.204. The topological polar surface area (TPSA) is 15.3 Å². The molecular formula is C14H28N2. The van der Waals surface area contributed by atoms with E-state index in [0.29, 0.717) is 0 Å². The molecule has 1 aliphatic carbocycles. The summed E-state index contributed by atoms with van der Waals surface area (Å²) in [5, 5.41) is 3.71. The number of piperidine rings is 1. The Morgan fingerprint density at radius 3 is 2.62 bits per heavy atom. The van der Waals surface area contributed by atoms with Gasteiger partial charge in [0, 0.05) is 6.54 Å². The molecule has 1 N–H and O–H groups in total. The summed E-state index contributed by atoms with van der Waals surface area (Å²) in [6, 6.07) is 0. The van der Waals surface area contributed by atoms with E-state index in [1.807, 2.05) is 0 Å². The van der Waals surface area contributed by atoms with Crippen LogP contribution < -0.4 is 5.32 Å². The molecule has 1 saturated carbocycles. The second-order valence-electron chi connectivity index (χ2n) is 6.21. The molecule has 2 nitrogen and oxygen atoms in total. The molecule has 0 amide bonds. The molecule has 0 aromatic heterocycles. The van der Waals surface area contributed by atoms with E-state index in [1.165, 1.54) is 58.3 Å². The van der Waals surface area contributed by atoms with Gasteiger partial charge >= 0.3 is 0 Å². The third-order valence-corrected chi connectivity index (χ3v) is 4.39. The van der Waals surface area contributed by atoms with E-state index in [2.05, 4.69) is 24.2 Å². The van der Waals surface area contributed by atoms with Gasteiger partial charge in [-0.1, -0.05) is 13.3 Å². The first kappa shape index (κ1) is 12.4. The average Bonchev–Trinajstić information content (AvgIpc) is 2.64. The minimum atomic E-state index is 0.901. The van der Waals surface area contributed by atoms with Gasteiger partial charge in [0.05, 0.1) is 0 Å². The first-order valence-electron chi connectivity index (χ1n) is 7.13. The summed E-state index contributed by atoms with van der Waals surface area (Å²) >= 11 is 0. The lowest BCUT2D eigenvalue weighted by Gasteiger charge is -2.30. The van der Waals surface area contributed by atoms with E-state index in [0.717, 1.165) is 17.8 Å². The molecular weight excluding hydrogens is 196 g/mol. The number of likely N-dealkylation sites (tertiary alicyclic amines) is 1. The molecule has 16 heavy (non-hydrogen) atoms. The standard InChI is InChI=1S/C14H28N2/c1-12-5-6-13(8-12)9-15-10-14-4-3-7-16(2)11-14/h12-15H,3-11H2,1-2H3. The predicted octanol–water partition coefficient (Wildman–Crippen LogP) is 2.35. The fourth-order valence-corrected chi connectivity index (χ4v) is 3.44. The van der Waals surface area contributed by atoms with Crippen LogP contribution in [0, 0.1) is 17.8 Å². The summed E-state index contributed by atoms with van der Waals surface area (Å²) in [4.78, 5) is 2.48. The van der Waals surface area contributed by atoms with Gasteiger partial charge in [0.2, 0.25) is 0 Å². The lowest BCUT2D eigenvalue weighted by atomic mass is 9.98. The Labute approximate surface area is 101 Å². The maximum absolute atomic E-state index is 3.71. The molecule has 3 unspecified atom stereocenters. The van der Waals surface area contributed by atoms with Crippen molar-refractivity contribution in [3.63, 3.8) is 0 Å². The molecule has 2 heteroatoms. The number of nitrogens with one attached hydrogen (secondary N) is 1. The van der Waals surface area contributed by atoms with Crippen LogP contribution >= 0.6 is 0 Å². The molecule has 0 radical (unpaired) electrons. The number of hydrogen-bond acceptors (Lipinski definition) is 2. The second-order valence-corrected chi connectivity index (χ2v) is 6.21. The SMILES string of the molecule is CC1CCC(CNCC2CCCN(C)C2)C1. The number of hydrogen-bond donors (Lipinski definition) is 1. The first-order chi connectivity index (χ1) is 7.74. The fourth-order valence-electron chi connectivity index (χ4n) is 3.44. The van der Waals surface area contributed by atoms with Crippen molar-refractivity contribution in [2.45, 2.75) is 39.0 Å². The van der Waals surface area contributed by atoms with Crippen molar-refractivity contribution in [3.8, 4) is 0 Å². The van der Waals surface area contributed by atoms with Crippen LogP contribution in [0.15, 0.2) is 0 Å². The second kappa shape index (κ2) is 6.02. The molecule has 2 rings (SSSR count). The molecule has 0 spiro atoms. The van der Waals surface area contributed by atoms with Crippen LogP contribution in [0.4, 0.5) is 0 Å². The number of rotatable bonds is 4. The van der Waals surface area contributed by atoms with Crippen LogP contribution in [-0.2, 0) is 0 Å². The molecule has 0 aromatic carbocycles. The molecule has 1 saturated heterocycles. The fraction of sp³-hybridized carbons (Fsp3) is 1.00. The van der Waals surface area contributed by atoms with Gasteiger partial charge in [-0.25, -0.2) is 0 Å². The minimum absolute atomic E-state index is 0.901. The van der Waals surface area contributed by atoms with E-state index in [-0.39, 0.29) is 0 Å². The first-order valence-corrected chi connectivity index (χ1v) is 7.13. The summed E-state index contributed by atoms with van der Waals surface area (Å²) in [6.45, 7) is 7.51. The lowest BCUT2D eigenvalue weighted by Crippen LogP contribution is -2.38. The summed E-state index contributed by atoms with van der Waals surface area (Å²) in [7, 11) is 2.25.